The predicted molar refractivity (Wildman–Crippen MR) is 150 cm³/mol. The number of amides is 2. The Kier molecular flexibility index (Phi) is 8.53. The molecule has 192 valence electrons. The number of anilines is 4. The predicted octanol–water partition coefficient (Wildman–Crippen LogP) is 4.90. The van der Waals surface area contributed by atoms with Crippen molar-refractivity contribution < 1.29 is 9.59 Å². The van der Waals surface area contributed by atoms with Gasteiger partial charge in [0.2, 0.25) is 11.9 Å². The topological polar surface area (TPSA) is 112 Å². The zero-order valence-corrected chi connectivity index (χ0v) is 21.5. The monoisotopic (exact) mass is 507 g/mol. The second-order valence-corrected chi connectivity index (χ2v) is 8.85. The number of carbonyl (C=O) groups is 2. The van der Waals surface area contributed by atoms with Crippen LogP contribution < -0.4 is 16.0 Å². The molecule has 0 radical (unpaired) electrons. The fraction of sp³-hybridized carbons (Fsp3) is 0.138. The van der Waals surface area contributed by atoms with Gasteiger partial charge < -0.3 is 20.9 Å². The van der Waals surface area contributed by atoms with Gasteiger partial charge in [-0.25, -0.2) is 9.97 Å². The molecule has 9 heteroatoms. The van der Waals surface area contributed by atoms with Gasteiger partial charge in [0, 0.05) is 59.4 Å². The maximum atomic E-state index is 12.9. The summed E-state index contributed by atoms with van der Waals surface area (Å²) >= 11 is 0. The Labute approximate surface area is 221 Å². The van der Waals surface area contributed by atoms with Gasteiger partial charge in [0.1, 0.15) is 0 Å². The third kappa shape index (κ3) is 7.31. The number of benzene rings is 2. The highest BCUT2D eigenvalue weighted by atomic mass is 16.2. The minimum absolute atomic E-state index is 0.252. The molecule has 9 nitrogen and oxygen atoms in total. The molecule has 4 rings (SSSR count). The van der Waals surface area contributed by atoms with Crippen LogP contribution in [-0.4, -0.2) is 52.3 Å². The van der Waals surface area contributed by atoms with E-state index in [4.69, 9.17) is 0 Å². The number of likely N-dealkylation sites (N-methyl/N-ethyl adjacent to an activating group) is 1. The van der Waals surface area contributed by atoms with Crippen LogP contribution in [0.2, 0.25) is 0 Å². The van der Waals surface area contributed by atoms with Crippen molar-refractivity contribution >= 4 is 34.8 Å². The maximum Gasteiger partial charge on any atom is 0.255 e. The molecule has 4 aromatic rings. The van der Waals surface area contributed by atoms with Gasteiger partial charge in [0.05, 0.1) is 5.69 Å². The summed E-state index contributed by atoms with van der Waals surface area (Å²) in [5.74, 6) is -0.0724. The number of rotatable bonds is 9. The summed E-state index contributed by atoms with van der Waals surface area (Å²) in [5, 5.41) is 8.93. The summed E-state index contributed by atoms with van der Waals surface area (Å²) in [6.45, 7) is 2.57. The molecule has 0 aliphatic heterocycles. The minimum atomic E-state index is -0.277. The van der Waals surface area contributed by atoms with Gasteiger partial charge in [0.15, 0.2) is 0 Å². The molecule has 0 atom stereocenters. The molecule has 2 aromatic heterocycles. The average molecular weight is 508 g/mol. The molecule has 2 amide bonds. The number of aromatic nitrogens is 3. The van der Waals surface area contributed by atoms with Gasteiger partial charge in [-0.1, -0.05) is 12.1 Å². The molecular weight excluding hydrogens is 478 g/mol. The third-order valence-corrected chi connectivity index (χ3v) is 5.48. The van der Waals surface area contributed by atoms with Crippen molar-refractivity contribution in [3.05, 3.63) is 103 Å². The Morgan fingerprint density at radius 2 is 1.82 bits per heavy atom. The zero-order valence-electron chi connectivity index (χ0n) is 21.5. The molecule has 0 spiro atoms. The lowest BCUT2D eigenvalue weighted by Gasteiger charge is -2.12. The second kappa shape index (κ2) is 12.4. The first-order chi connectivity index (χ1) is 18.4. The van der Waals surface area contributed by atoms with E-state index >= 15 is 0 Å². The van der Waals surface area contributed by atoms with Crippen LogP contribution in [0.1, 0.15) is 15.9 Å². The van der Waals surface area contributed by atoms with Crippen LogP contribution in [0.5, 0.6) is 0 Å². The fourth-order valence-electron chi connectivity index (χ4n) is 3.59. The Hall–Kier alpha value is -4.89. The van der Waals surface area contributed by atoms with Gasteiger partial charge in [-0.15, -0.1) is 0 Å². The van der Waals surface area contributed by atoms with Crippen LogP contribution in [0.4, 0.5) is 23.0 Å². The SMILES string of the molecule is Cc1cc(Nc2nccc(-c3cccnc3)n2)ccc1NC(=O)c1cccc(NC(=O)C=CCN(C)C)c1. The van der Waals surface area contributed by atoms with Crippen LogP contribution in [0, 0.1) is 6.92 Å². The third-order valence-electron chi connectivity index (χ3n) is 5.48. The van der Waals surface area contributed by atoms with Crippen LogP contribution in [0.3, 0.4) is 0 Å². The highest BCUT2D eigenvalue weighted by Crippen LogP contribution is 2.24. The number of carbonyl (C=O) groups excluding carboxylic acids is 2. The summed E-state index contributed by atoms with van der Waals surface area (Å²) < 4.78 is 0. The molecule has 38 heavy (non-hydrogen) atoms. The van der Waals surface area contributed by atoms with E-state index in [1.807, 2.05) is 62.3 Å². The van der Waals surface area contributed by atoms with E-state index in [2.05, 4.69) is 30.9 Å². The lowest BCUT2D eigenvalue weighted by Crippen LogP contribution is -2.15. The number of aryl methyl sites for hydroxylation is 1. The summed E-state index contributed by atoms with van der Waals surface area (Å²) in [6.07, 6.45) is 8.41. The van der Waals surface area contributed by atoms with Crippen LogP contribution >= 0.6 is 0 Å². The molecule has 0 aliphatic carbocycles. The van der Waals surface area contributed by atoms with E-state index in [9.17, 15) is 9.59 Å². The van der Waals surface area contributed by atoms with Gasteiger partial charge >= 0.3 is 0 Å². The molecule has 0 aliphatic rings. The molecular formula is C29H29N7O2. The van der Waals surface area contributed by atoms with Gasteiger partial charge in [-0.3, -0.25) is 14.6 Å². The van der Waals surface area contributed by atoms with Gasteiger partial charge in [-0.05, 0) is 81.2 Å². The van der Waals surface area contributed by atoms with Crippen molar-refractivity contribution in [3.63, 3.8) is 0 Å². The van der Waals surface area contributed by atoms with Gasteiger partial charge in [0.25, 0.3) is 5.91 Å². The second-order valence-electron chi connectivity index (χ2n) is 8.85. The van der Waals surface area contributed by atoms with Crippen molar-refractivity contribution in [2.24, 2.45) is 0 Å². The first-order valence-electron chi connectivity index (χ1n) is 12.0. The standard InChI is InChI=1S/C29H29N7O2/c1-20-17-24(33-29-31-15-13-26(35-29)22-8-5-14-30-19-22)11-12-25(20)34-28(38)21-7-4-9-23(18-21)32-27(37)10-6-16-36(2)3/h4-15,17-19H,16H2,1-3H3,(H,32,37)(H,34,38)(H,31,33,35). The van der Waals surface area contributed by atoms with Crippen molar-refractivity contribution in [2.45, 2.75) is 6.92 Å². The molecule has 2 aromatic carbocycles. The molecule has 0 fully saturated rings. The van der Waals surface area contributed by atoms with Crippen molar-refractivity contribution in [3.8, 4) is 11.3 Å². The van der Waals surface area contributed by atoms with Crippen molar-refractivity contribution in [1.82, 2.24) is 19.9 Å². The highest BCUT2D eigenvalue weighted by Gasteiger charge is 2.10. The fourth-order valence-corrected chi connectivity index (χ4v) is 3.59. The number of nitrogens with zero attached hydrogens (tertiary/aromatic N) is 4. The minimum Gasteiger partial charge on any atom is -0.324 e. The normalized spacial score (nSPS) is 10.9. The van der Waals surface area contributed by atoms with E-state index in [0.717, 1.165) is 22.5 Å². The van der Waals surface area contributed by atoms with Crippen molar-refractivity contribution in [2.75, 3.05) is 36.6 Å². The maximum absolute atomic E-state index is 12.9. The highest BCUT2D eigenvalue weighted by molar-refractivity contribution is 6.06. The van der Waals surface area contributed by atoms with Crippen LogP contribution in [-0.2, 0) is 4.79 Å². The summed E-state index contributed by atoms with van der Waals surface area (Å²) in [5.41, 5.74) is 4.96. The largest absolute Gasteiger partial charge is 0.324 e. The number of pyridine rings is 1. The number of hydrogen-bond acceptors (Lipinski definition) is 7. The number of hydrogen-bond donors (Lipinski definition) is 3. The first-order valence-corrected chi connectivity index (χ1v) is 12.0. The van der Waals surface area contributed by atoms with Gasteiger partial charge in [-0.2, -0.15) is 0 Å². The Morgan fingerprint density at radius 3 is 2.58 bits per heavy atom. The molecule has 0 saturated heterocycles. The van der Waals surface area contributed by atoms with Crippen molar-refractivity contribution in [1.29, 1.82) is 0 Å². The van der Waals surface area contributed by atoms with E-state index < -0.39 is 0 Å². The lowest BCUT2D eigenvalue weighted by molar-refractivity contribution is -0.111. The quantitative estimate of drug-likeness (QED) is 0.276. The van der Waals surface area contributed by atoms with E-state index in [1.165, 1.54) is 6.08 Å². The molecule has 2 heterocycles. The summed E-state index contributed by atoms with van der Waals surface area (Å²) in [4.78, 5) is 40.0. The molecule has 0 bridgehead atoms. The average Bonchev–Trinajstić information content (AvgIpc) is 2.91. The summed E-state index contributed by atoms with van der Waals surface area (Å²) in [7, 11) is 3.85. The number of nitrogens with one attached hydrogen (secondary N) is 3. The lowest BCUT2D eigenvalue weighted by atomic mass is 10.1. The Balaban J connectivity index is 1.40. The molecule has 3 N–H and O–H groups in total. The smallest absolute Gasteiger partial charge is 0.255 e. The zero-order chi connectivity index (χ0) is 26.9. The van der Waals surface area contributed by atoms with Crippen LogP contribution in [0.25, 0.3) is 11.3 Å². The Morgan fingerprint density at radius 1 is 0.947 bits per heavy atom. The summed E-state index contributed by atoms with van der Waals surface area (Å²) in [6, 6.07) is 18.0. The Bertz CT molecular complexity index is 1450. The van der Waals surface area contributed by atoms with E-state index in [-0.39, 0.29) is 11.8 Å². The first kappa shape index (κ1) is 26.2. The van der Waals surface area contributed by atoms with Crippen LogP contribution in [0.15, 0.2) is 91.4 Å². The van der Waals surface area contributed by atoms with E-state index in [1.54, 1.807) is 48.9 Å². The van der Waals surface area contributed by atoms with E-state index in [0.29, 0.717) is 29.4 Å². The molecule has 0 unspecified atom stereocenters. The molecule has 0 saturated carbocycles.